The first kappa shape index (κ1) is 17.5. The summed E-state index contributed by atoms with van der Waals surface area (Å²) in [5.41, 5.74) is 1.80. The van der Waals surface area contributed by atoms with Gasteiger partial charge in [-0.1, -0.05) is 18.2 Å². The highest BCUT2D eigenvalue weighted by Gasteiger charge is 2.34. The molecule has 0 aliphatic heterocycles. The molecule has 2 aromatic heterocycles. The topological polar surface area (TPSA) is 85.0 Å². The first-order chi connectivity index (χ1) is 13.2. The lowest BCUT2D eigenvalue weighted by molar-refractivity contribution is -0.121. The SMILES string of the molecule is O=C(Cc1cnn(-c2ccccc2)c1)N[C@@H]1CC(Cn2cccn2)C[C@H]1O. The van der Waals surface area contributed by atoms with Crippen LogP contribution in [0.3, 0.4) is 0 Å². The molecule has 3 atom stereocenters. The third kappa shape index (κ3) is 4.25. The van der Waals surface area contributed by atoms with Crippen molar-refractivity contribution >= 4 is 5.91 Å². The number of benzene rings is 1. The van der Waals surface area contributed by atoms with Crippen molar-refractivity contribution in [1.82, 2.24) is 24.9 Å². The Labute approximate surface area is 157 Å². The maximum Gasteiger partial charge on any atom is 0.224 e. The number of hydrogen-bond donors (Lipinski definition) is 2. The first-order valence-corrected chi connectivity index (χ1v) is 9.21. The minimum Gasteiger partial charge on any atom is -0.391 e. The molecule has 7 heteroatoms. The molecule has 2 heterocycles. The number of para-hydroxylation sites is 1. The second-order valence-electron chi connectivity index (χ2n) is 7.11. The van der Waals surface area contributed by atoms with Crippen LogP contribution in [-0.2, 0) is 17.8 Å². The number of aliphatic hydroxyl groups excluding tert-OH is 1. The summed E-state index contributed by atoms with van der Waals surface area (Å²) in [6, 6.07) is 11.5. The summed E-state index contributed by atoms with van der Waals surface area (Å²) in [5, 5.41) is 21.8. The van der Waals surface area contributed by atoms with Gasteiger partial charge in [-0.25, -0.2) is 4.68 Å². The normalized spacial score (nSPS) is 22.0. The van der Waals surface area contributed by atoms with Gasteiger partial charge < -0.3 is 10.4 Å². The van der Waals surface area contributed by atoms with E-state index in [1.807, 2.05) is 53.5 Å². The van der Waals surface area contributed by atoms with Crippen molar-refractivity contribution in [2.75, 3.05) is 0 Å². The monoisotopic (exact) mass is 365 g/mol. The Kier molecular flexibility index (Phi) is 5.02. The van der Waals surface area contributed by atoms with Crippen LogP contribution in [0, 0.1) is 5.92 Å². The number of aliphatic hydroxyl groups is 1. The van der Waals surface area contributed by atoms with E-state index in [4.69, 9.17) is 0 Å². The van der Waals surface area contributed by atoms with E-state index in [9.17, 15) is 9.90 Å². The quantitative estimate of drug-likeness (QED) is 0.694. The molecule has 0 spiro atoms. The number of rotatable bonds is 6. The van der Waals surface area contributed by atoms with Crippen LogP contribution in [0.2, 0.25) is 0 Å². The van der Waals surface area contributed by atoms with Gasteiger partial charge in [0.25, 0.3) is 0 Å². The van der Waals surface area contributed by atoms with Crippen LogP contribution in [0.4, 0.5) is 0 Å². The van der Waals surface area contributed by atoms with E-state index in [0.29, 0.717) is 12.3 Å². The van der Waals surface area contributed by atoms with Gasteiger partial charge in [0.05, 0.1) is 30.5 Å². The lowest BCUT2D eigenvalue weighted by atomic mass is 10.1. The minimum absolute atomic E-state index is 0.0913. The Morgan fingerprint density at radius 1 is 1.19 bits per heavy atom. The minimum atomic E-state index is -0.512. The van der Waals surface area contributed by atoms with Crippen LogP contribution < -0.4 is 5.32 Å². The lowest BCUT2D eigenvalue weighted by Crippen LogP contribution is -2.40. The van der Waals surface area contributed by atoms with E-state index >= 15 is 0 Å². The highest BCUT2D eigenvalue weighted by atomic mass is 16.3. The van der Waals surface area contributed by atoms with E-state index in [1.165, 1.54) is 0 Å². The van der Waals surface area contributed by atoms with Crippen LogP contribution in [-0.4, -0.2) is 42.7 Å². The molecule has 1 aliphatic carbocycles. The molecule has 0 saturated heterocycles. The third-order valence-electron chi connectivity index (χ3n) is 5.00. The van der Waals surface area contributed by atoms with Crippen molar-refractivity contribution in [2.24, 2.45) is 5.92 Å². The van der Waals surface area contributed by atoms with Gasteiger partial charge in [0.2, 0.25) is 5.91 Å². The number of carbonyl (C=O) groups is 1. The summed E-state index contributed by atoms with van der Waals surface area (Å²) in [5.74, 6) is 0.220. The fraction of sp³-hybridized carbons (Fsp3) is 0.350. The lowest BCUT2D eigenvalue weighted by Gasteiger charge is -2.16. The maximum absolute atomic E-state index is 12.4. The van der Waals surface area contributed by atoms with Crippen molar-refractivity contribution in [3.8, 4) is 5.69 Å². The third-order valence-corrected chi connectivity index (χ3v) is 5.00. The summed E-state index contributed by atoms with van der Waals surface area (Å²) in [4.78, 5) is 12.4. The van der Waals surface area contributed by atoms with Gasteiger partial charge in [-0.15, -0.1) is 0 Å². The van der Waals surface area contributed by atoms with E-state index in [-0.39, 0.29) is 18.4 Å². The molecule has 1 fully saturated rings. The van der Waals surface area contributed by atoms with E-state index in [1.54, 1.807) is 17.1 Å². The van der Waals surface area contributed by atoms with Crippen LogP contribution in [0.5, 0.6) is 0 Å². The molecule has 1 aliphatic rings. The van der Waals surface area contributed by atoms with E-state index < -0.39 is 6.10 Å². The average molecular weight is 365 g/mol. The van der Waals surface area contributed by atoms with E-state index in [2.05, 4.69) is 15.5 Å². The number of nitrogens with zero attached hydrogens (tertiary/aromatic N) is 4. The Hall–Kier alpha value is -2.93. The Balaban J connectivity index is 1.31. The molecular formula is C20H23N5O2. The van der Waals surface area contributed by atoms with Crippen LogP contribution in [0.25, 0.3) is 5.69 Å². The fourth-order valence-corrected chi connectivity index (χ4v) is 3.71. The van der Waals surface area contributed by atoms with Crippen molar-refractivity contribution in [2.45, 2.75) is 38.0 Å². The molecule has 1 unspecified atom stereocenters. The highest BCUT2D eigenvalue weighted by Crippen LogP contribution is 2.27. The van der Waals surface area contributed by atoms with Crippen molar-refractivity contribution in [1.29, 1.82) is 0 Å². The van der Waals surface area contributed by atoms with Gasteiger partial charge in [-0.05, 0) is 42.5 Å². The molecule has 1 aromatic carbocycles. The molecule has 140 valence electrons. The molecule has 7 nitrogen and oxygen atoms in total. The Morgan fingerprint density at radius 3 is 2.81 bits per heavy atom. The summed E-state index contributed by atoms with van der Waals surface area (Å²) in [6.07, 6.45) is 8.41. The van der Waals surface area contributed by atoms with Gasteiger partial charge in [0, 0.05) is 25.1 Å². The molecule has 0 bridgehead atoms. The second-order valence-corrected chi connectivity index (χ2v) is 7.11. The first-order valence-electron chi connectivity index (χ1n) is 9.21. The number of aromatic nitrogens is 4. The summed E-state index contributed by atoms with van der Waals surface area (Å²) < 4.78 is 3.63. The molecule has 4 rings (SSSR count). The maximum atomic E-state index is 12.4. The predicted molar refractivity (Wildman–Crippen MR) is 100 cm³/mol. The second kappa shape index (κ2) is 7.75. The van der Waals surface area contributed by atoms with Gasteiger partial charge >= 0.3 is 0 Å². The standard InChI is InChI=1S/C20H23N5O2/c26-19-10-15(13-24-8-4-7-21-24)9-18(19)23-20(27)11-16-12-22-25(14-16)17-5-2-1-3-6-17/h1-8,12,14-15,18-19,26H,9-11,13H2,(H,23,27)/t15?,18-,19-/m1/s1. The molecule has 27 heavy (non-hydrogen) atoms. The van der Waals surface area contributed by atoms with Crippen molar-refractivity contribution < 1.29 is 9.90 Å². The van der Waals surface area contributed by atoms with Gasteiger partial charge in [0.1, 0.15) is 0 Å². The summed E-state index contributed by atoms with van der Waals surface area (Å²) >= 11 is 0. The van der Waals surface area contributed by atoms with E-state index in [0.717, 1.165) is 24.2 Å². The molecular weight excluding hydrogens is 342 g/mol. The van der Waals surface area contributed by atoms with Gasteiger partial charge in [-0.3, -0.25) is 9.48 Å². The molecule has 3 aromatic rings. The number of amides is 1. The molecule has 0 radical (unpaired) electrons. The zero-order chi connectivity index (χ0) is 18.6. The smallest absolute Gasteiger partial charge is 0.224 e. The zero-order valence-corrected chi connectivity index (χ0v) is 15.0. The molecule has 1 amide bonds. The number of carbonyl (C=O) groups excluding carboxylic acids is 1. The fourth-order valence-electron chi connectivity index (χ4n) is 3.71. The van der Waals surface area contributed by atoms with Crippen LogP contribution in [0.1, 0.15) is 18.4 Å². The zero-order valence-electron chi connectivity index (χ0n) is 15.0. The largest absolute Gasteiger partial charge is 0.391 e. The summed E-state index contributed by atoms with van der Waals surface area (Å²) in [7, 11) is 0. The Bertz CT molecular complexity index is 875. The molecule has 1 saturated carbocycles. The van der Waals surface area contributed by atoms with Crippen molar-refractivity contribution in [3.63, 3.8) is 0 Å². The van der Waals surface area contributed by atoms with Gasteiger partial charge in [-0.2, -0.15) is 10.2 Å². The average Bonchev–Trinajstić information content (AvgIpc) is 3.39. The van der Waals surface area contributed by atoms with Crippen molar-refractivity contribution in [3.05, 3.63) is 66.7 Å². The van der Waals surface area contributed by atoms with Gasteiger partial charge in [0.15, 0.2) is 0 Å². The number of hydrogen-bond acceptors (Lipinski definition) is 4. The highest BCUT2D eigenvalue weighted by molar-refractivity contribution is 5.78. The predicted octanol–water partition coefficient (Wildman–Crippen LogP) is 1.57. The van der Waals surface area contributed by atoms with Crippen LogP contribution in [0.15, 0.2) is 61.2 Å². The Morgan fingerprint density at radius 2 is 2.04 bits per heavy atom. The number of nitrogens with one attached hydrogen (secondary N) is 1. The summed E-state index contributed by atoms with van der Waals surface area (Å²) in [6.45, 7) is 0.764. The molecule has 2 N–H and O–H groups in total. The van der Waals surface area contributed by atoms with Crippen LogP contribution >= 0.6 is 0 Å².